The summed E-state index contributed by atoms with van der Waals surface area (Å²) in [6.45, 7) is 0. The maximum atomic E-state index is 12.2. The van der Waals surface area contributed by atoms with Gasteiger partial charge < -0.3 is 5.73 Å². The van der Waals surface area contributed by atoms with Crippen LogP contribution in [0.4, 0.5) is 19.1 Å². The molecule has 0 aromatic carbocycles. The molecule has 0 saturated carbocycles. The van der Waals surface area contributed by atoms with Crippen LogP contribution in [0, 0.1) is 0 Å². The summed E-state index contributed by atoms with van der Waals surface area (Å²) in [5.41, 5.74) is 4.54. The number of pyridine rings is 1. The molecular formula is C7H5F3N4. The van der Waals surface area contributed by atoms with Crippen molar-refractivity contribution in [3.8, 4) is 0 Å². The molecule has 4 nitrogen and oxygen atoms in total. The number of rotatable bonds is 0. The van der Waals surface area contributed by atoms with Crippen molar-refractivity contribution in [1.82, 2.24) is 14.6 Å². The molecule has 0 unspecified atom stereocenters. The Labute approximate surface area is 76.2 Å². The maximum absolute atomic E-state index is 12.2. The smallest absolute Gasteiger partial charge is 0.366 e. The van der Waals surface area contributed by atoms with E-state index in [2.05, 4.69) is 10.1 Å². The lowest BCUT2D eigenvalue weighted by molar-refractivity contribution is -0.137. The quantitative estimate of drug-likeness (QED) is 0.701. The van der Waals surface area contributed by atoms with Gasteiger partial charge in [-0.1, -0.05) is 0 Å². The van der Waals surface area contributed by atoms with Gasteiger partial charge >= 0.3 is 6.18 Å². The summed E-state index contributed by atoms with van der Waals surface area (Å²) < 4.78 is 37.9. The van der Waals surface area contributed by atoms with Crippen molar-refractivity contribution >= 4 is 11.6 Å². The zero-order chi connectivity index (χ0) is 10.3. The monoisotopic (exact) mass is 202 g/mol. The van der Waals surface area contributed by atoms with Gasteiger partial charge in [0.2, 0.25) is 5.95 Å². The summed E-state index contributed by atoms with van der Waals surface area (Å²) in [6.07, 6.45) is -3.20. The highest BCUT2D eigenvalue weighted by Gasteiger charge is 2.30. The number of alkyl halides is 3. The van der Waals surface area contributed by atoms with E-state index in [0.717, 1.165) is 12.1 Å². The van der Waals surface area contributed by atoms with E-state index in [0.29, 0.717) is 0 Å². The number of anilines is 1. The van der Waals surface area contributed by atoms with Crippen LogP contribution in [0.25, 0.3) is 5.65 Å². The third-order valence-corrected chi connectivity index (χ3v) is 1.68. The molecule has 0 saturated heterocycles. The first-order chi connectivity index (χ1) is 6.47. The van der Waals surface area contributed by atoms with Gasteiger partial charge in [-0.25, -0.2) is 4.52 Å². The van der Waals surface area contributed by atoms with E-state index in [-0.39, 0.29) is 11.6 Å². The molecule has 2 aromatic rings. The molecule has 0 aliphatic carbocycles. The van der Waals surface area contributed by atoms with Crippen molar-refractivity contribution in [3.63, 3.8) is 0 Å². The van der Waals surface area contributed by atoms with Crippen LogP contribution in [0.5, 0.6) is 0 Å². The third kappa shape index (κ3) is 1.36. The third-order valence-electron chi connectivity index (χ3n) is 1.68. The normalized spacial score (nSPS) is 12.2. The van der Waals surface area contributed by atoms with Crippen molar-refractivity contribution in [2.45, 2.75) is 6.18 Å². The molecule has 74 valence electrons. The van der Waals surface area contributed by atoms with Gasteiger partial charge in [0.15, 0.2) is 5.65 Å². The fraction of sp³-hybridized carbons (Fsp3) is 0.143. The van der Waals surface area contributed by atoms with Crippen LogP contribution in [0.3, 0.4) is 0 Å². The minimum absolute atomic E-state index is 0.0516. The fourth-order valence-corrected chi connectivity index (χ4v) is 1.08. The van der Waals surface area contributed by atoms with Crippen molar-refractivity contribution < 1.29 is 13.2 Å². The Balaban J connectivity index is 2.62. The zero-order valence-corrected chi connectivity index (χ0v) is 6.78. The molecule has 0 atom stereocenters. The second-order valence-corrected chi connectivity index (χ2v) is 2.69. The van der Waals surface area contributed by atoms with Crippen LogP contribution in [0.15, 0.2) is 18.3 Å². The Bertz CT molecular complexity index is 473. The van der Waals surface area contributed by atoms with E-state index < -0.39 is 11.7 Å². The van der Waals surface area contributed by atoms with Crippen molar-refractivity contribution in [2.75, 3.05) is 5.73 Å². The lowest BCUT2D eigenvalue weighted by atomic mass is 10.2. The number of fused-ring (bicyclic) bond motifs is 1. The highest BCUT2D eigenvalue weighted by atomic mass is 19.4. The molecule has 0 bridgehead atoms. The average Bonchev–Trinajstić information content (AvgIpc) is 2.41. The summed E-state index contributed by atoms with van der Waals surface area (Å²) in [4.78, 5) is 3.62. The molecule has 0 radical (unpaired) electrons. The maximum Gasteiger partial charge on any atom is 0.416 e. The van der Waals surface area contributed by atoms with Gasteiger partial charge in [-0.05, 0) is 12.1 Å². The van der Waals surface area contributed by atoms with Crippen molar-refractivity contribution in [1.29, 1.82) is 0 Å². The Hall–Kier alpha value is -1.79. The molecule has 0 aliphatic rings. The van der Waals surface area contributed by atoms with E-state index in [9.17, 15) is 13.2 Å². The van der Waals surface area contributed by atoms with E-state index in [1.165, 1.54) is 10.7 Å². The molecule has 14 heavy (non-hydrogen) atoms. The lowest BCUT2D eigenvalue weighted by Crippen LogP contribution is -2.05. The minimum Gasteiger partial charge on any atom is -0.366 e. The van der Waals surface area contributed by atoms with Gasteiger partial charge in [0.05, 0.1) is 5.56 Å². The Morgan fingerprint density at radius 3 is 2.71 bits per heavy atom. The molecule has 2 heterocycles. The summed E-state index contributed by atoms with van der Waals surface area (Å²) in [6, 6.07) is 1.81. The van der Waals surface area contributed by atoms with Gasteiger partial charge in [-0.2, -0.15) is 18.2 Å². The number of hydrogen-bond acceptors (Lipinski definition) is 3. The van der Waals surface area contributed by atoms with Gasteiger partial charge in [-0.3, -0.25) is 0 Å². The second-order valence-electron chi connectivity index (χ2n) is 2.69. The first-order valence-electron chi connectivity index (χ1n) is 3.66. The zero-order valence-electron chi connectivity index (χ0n) is 6.78. The van der Waals surface area contributed by atoms with Gasteiger partial charge in [0, 0.05) is 6.20 Å². The Morgan fingerprint density at radius 1 is 1.36 bits per heavy atom. The van der Waals surface area contributed by atoms with Crippen LogP contribution in [0.2, 0.25) is 0 Å². The Kier molecular flexibility index (Phi) is 1.63. The molecule has 0 fully saturated rings. The Morgan fingerprint density at radius 2 is 2.07 bits per heavy atom. The van der Waals surface area contributed by atoms with Crippen LogP contribution in [-0.2, 0) is 6.18 Å². The molecular weight excluding hydrogens is 197 g/mol. The summed E-state index contributed by atoms with van der Waals surface area (Å²) in [7, 11) is 0. The van der Waals surface area contributed by atoms with Crippen LogP contribution < -0.4 is 5.73 Å². The van der Waals surface area contributed by atoms with E-state index >= 15 is 0 Å². The predicted octanol–water partition coefficient (Wildman–Crippen LogP) is 1.33. The summed E-state index contributed by atoms with van der Waals surface area (Å²) in [5, 5.41) is 3.65. The van der Waals surface area contributed by atoms with Crippen LogP contribution >= 0.6 is 0 Å². The molecule has 2 aromatic heterocycles. The fourth-order valence-electron chi connectivity index (χ4n) is 1.08. The minimum atomic E-state index is -4.37. The predicted molar refractivity (Wildman–Crippen MR) is 42.4 cm³/mol. The number of nitrogen functional groups attached to an aromatic ring is 1. The standard InChI is InChI=1S/C7H5F3N4/c8-7(9,10)4-1-2-14-5(3-4)12-6(11)13-14/h1-3H,(H2,11,13). The van der Waals surface area contributed by atoms with Crippen LogP contribution in [0.1, 0.15) is 5.56 Å². The van der Waals surface area contributed by atoms with E-state index in [1.54, 1.807) is 0 Å². The van der Waals surface area contributed by atoms with E-state index in [4.69, 9.17) is 5.73 Å². The molecule has 0 spiro atoms. The van der Waals surface area contributed by atoms with Gasteiger partial charge in [-0.15, -0.1) is 5.10 Å². The second kappa shape index (κ2) is 2.60. The molecule has 2 rings (SSSR count). The van der Waals surface area contributed by atoms with Crippen molar-refractivity contribution in [3.05, 3.63) is 23.9 Å². The largest absolute Gasteiger partial charge is 0.416 e. The van der Waals surface area contributed by atoms with Gasteiger partial charge in [0.25, 0.3) is 0 Å². The number of hydrogen-bond donors (Lipinski definition) is 1. The highest BCUT2D eigenvalue weighted by Crippen LogP contribution is 2.29. The van der Waals surface area contributed by atoms with Gasteiger partial charge in [0.1, 0.15) is 0 Å². The molecule has 0 aliphatic heterocycles. The summed E-state index contributed by atoms with van der Waals surface area (Å²) >= 11 is 0. The first-order valence-corrected chi connectivity index (χ1v) is 3.66. The van der Waals surface area contributed by atoms with Crippen LogP contribution in [-0.4, -0.2) is 14.6 Å². The summed E-state index contributed by atoms with van der Waals surface area (Å²) in [5.74, 6) is -0.0516. The number of nitrogens with two attached hydrogens (primary N) is 1. The number of nitrogens with zero attached hydrogens (tertiary/aromatic N) is 3. The number of aromatic nitrogens is 3. The molecule has 2 N–H and O–H groups in total. The lowest BCUT2D eigenvalue weighted by Gasteiger charge is -2.05. The topological polar surface area (TPSA) is 56.2 Å². The SMILES string of the molecule is Nc1nc2cc(C(F)(F)F)ccn2n1. The highest BCUT2D eigenvalue weighted by molar-refractivity contribution is 5.44. The molecule has 7 heteroatoms. The molecule has 0 amide bonds. The van der Waals surface area contributed by atoms with E-state index in [1.807, 2.05) is 0 Å². The van der Waals surface area contributed by atoms with Crippen molar-refractivity contribution in [2.24, 2.45) is 0 Å². The number of halogens is 3. The average molecular weight is 202 g/mol. The first kappa shape index (κ1) is 8.79.